The van der Waals surface area contributed by atoms with Gasteiger partial charge in [-0.3, -0.25) is 0 Å². The summed E-state index contributed by atoms with van der Waals surface area (Å²) in [7, 11) is 0. The summed E-state index contributed by atoms with van der Waals surface area (Å²) < 4.78 is 40.3. The Hall–Kier alpha value is -3.43. The number of carbonyl (C=O) groups is 2. The van der Waals surface area contributed by atoms with Crippen LogP contribution in [-0.4, -0.2) is 18.3 Å². The number of anilines is 2. The Bertz CT molecular complexity index is 955. The lowest BCUT2D eigenvalue weighted by atomic mass is 9.81. The highest BCUT2D eigenvalue weighted by Gasteiger charge is 2.31. The Morgan fingerprint density at radius 1 is 0.903 bits per heavy atom. The first kappa shape index (κ1) is 22.3. The highest BCUT2D eigenvalue weighted by molar-refractivity contribution is 5.95. The Morgan fingerprint density at radius 3 is 2.13 bits per heavy atom. The average molecular weight is 438 g/mol. The van der Waals surface area contributed by atoms with Gasteiger partial charge in [-0.05, 0) is 60.7 Å². The van der Waals surface area contributed by atoms with Crippen molar-refractivity contribution in [2.45, 2.75) is 44.4 Å². The Balaban J connectivity index is 1.70. The summed E-state index contributed by atoms with van der Waals surface area (Å²) in [6.45, 7) is 0. The SMILES string of the molecule is Nc1cc(N)c(C2CCCCC2)c(C(=O)OOC(=O)c2ccc(OC(F)(F)F)cc2)c1. The van der Waals surface area contributed by atoms with Gasteiger partial charge in [0.2, 0.25) is 0 Å². The number of ether oxygens (including phenoxy) is 1. The Labute approximate surface area is 176 Å². The zero-order valence-corrected chi connectivity index (χ0v) is 16.4. The average Bonchev–Trinajstić information content (AvgIpc) is 2.71. The minimum absolute atomic E-state index is 0.0637. The first-order valence-electron chi connectivity index (χ1n) is 9.62. The molecule has 31 heavy (non-hydrogen) atoms. The van der Waals surface area contributed by atoms with Crippen LogP contribution in [0.5, 0.6) is 5.75 Å². The van der Waals surface area contributed by atoms with Gasteiger partial charge in [0, 0.05) is 11.4 Å². The van der Waals surface area contributed by atoms with Crippen molar-refractivity contribution in [3.63, 3.8) is 0 Å². The summed E-state index contributed by atoms with van der Waals surface area (Å²) >= 11 is 0. The topological polar surface area (TPSA) is 114 Å². The third kappa shape index (κ3) is 5.80. The van der Waals surface area contributed by atoms with Gasteiger partial charge < -0.3 is 16.2 Å². The number of hydrogen-bond acceptors (Lipinski definition) is 7. The van der Waals surface area contributed by atoms with Crippen LogP contribution in [0.2, 0.25) is 0 Å². The molecule has 0 unspecified atom stereocenters. The van der Waals surface area contributed by atoms with Crippen LogP contribution in [0.1, 0.15) is 64.3 Å². The summed E-state index contributed by atoms with van der Waals surface area (Å²) in [5, 5.41) is 0. The first-order chi connectivity index (χ1) is 14.6. The summed E-state index contributed by atoms with van der Waals surface area (Å²) in [4.78, 5) is 33.9. The molecule has 0 radical (unpaired) electrons. The number of hydrogen-bond donors (Lipinski definition) is 2. The molecule has 10 heteroatoms. The molecule has 0 aromatic heterocycles. The predicted octanol–water partition coefficient (Wildman–Crippen LogP) is 4.73. The quantitative estimate of drug-likeness (QED) is 0.403. The molecule has 4 N–H and O–H groups in total. The molecular formula is C21H21F3N2O5. The molecule has 2 aromatic rings. The van der Waals surface area contributed by atoms with Crippen LogP contribution in [0.25, 0.3) is 0 Å². The van der Waals surface area contributed by atoms with E-state index in [0.717, 1.165) is 56.4 Å². The van der Waals surface area contributed by atoms with Crippen molar-refractivity contribution < 1.29 is 37.3 Å². The van der Waals surface area contributed by atoms with E-state index in [4.69, 9.17) is 11.5 Å². The van der Waals surface area contributed by atoms with E-state index in [1.807, 2.05) is 0 Å². The van der Waals surface area contributed by atoms with Crippen LogP contribution in [-0.2, 0) is 9.78 Å². The summed E-state index contributed by atoms with van der Waals surface area (Å²) in [6, 6.07) is 6.95. The fourth-order valence-electron chi connectivity index (χ4n) is 3.68. The van der Waals surface area contributed by atoms with Crippen molar-refractivity contribution in [3.8, 4) is 5.75 Å². The summed E-state index contributed by atoms with van der Waals surface area (Å²) in [6.07, 6.45) is -0.0123. The maximum absolute atomic E-state index is 12.6. The first-order valence-corrected chi connectivity index (χ1v) is 9.62. The molecule has 166 valence electrons. The zero-order valence-electron chi connectivity index (χ0n) is 16.4. The third-order valence-corrected chi connectivity index (χ3v) is 4.98. The molecule has 7 nitrogen and oxygen atoms in total. The number of rotatable bonds is 4. The van der Waals surface area contributed by atoms with Crippen LogP contribution in [0.4, 0.5) is 24.5 Å². The van der Waals surface area contributed by atoms with E-state index in [9.17, 15) is 22.8 Å². The highest BCUT2D eigenvalue weighted by atomic mass is 19.4. The lowest BCUT2D eigenvalue weighted by molar-refractivity contribution is -0.274. The van der Waals surface area contributed by atoms with E-state index in [1.165, 1.54) is 6.07 Å². The molecule has 0 bridgehead atoms. The molecule has 0 aliphatic heterocycles. The van der Waals surface area contributed by atoms with Crippen LogP contribution in [0.15, 0.2) is 36.4 Å². The van der Waals surface area contributed by atoms with Gasteiger partial charge in [-0.25, -0.2) is 19.4 Å². The van der Waals surface area contributed by atoms with Crippen LogP contribution < -0.4 is 16.2 Å². The molecule has 3 rings (SSSR count). The molecule has 1 saturated carbocycles. The maximum atomic E-state index is 12.6. The van der Waals surface area contributed by atoms with Crippen molar-refractivity contribution in [3.05, 3.63) is 53.1 Å². The van der Waals surface area contributed by atoms with E-state index in [2.05, 4.69) is 14.5 Å². The van der Waals surface area contributed by atoms with Crippen molar-refractivity contribution in [2.75, 3.05) is 11.5 Å². The monoisotopic (exact) mass is 438 g/mol. The van der Waals surface area contributed by atoms with Gasteiger partial charge >= 0.3 is 18.3 Å². The number of carbonyl (C=O) groups excluding carboxylic acids is 2. The smallest absolute Gasteiger partial charge is 0.406 e. The molecule has 0 heterocycles. The van der Waals surface area contributed by atoms with Crippen molar-refractivity contribution in [1.82, 2.24) is 0 Å². The third-order valence-electron chi connectivity index (χ3n) is 4.98. The molecule has 2 aromatic carbocycles. The fourth-order valence-corrected chi connectivity index (χ4v) is 3.68. The lowest BCUT2D eigenvalue weighted by Crippen LogP contribution is -2.18. The minimum Gasteiger partial charge on any atom is -0.406 e. The molecule has 0 atom stereocenters. The van der Waals surface area contributed by atoms with Crippen LogP contribution in [0, 0.1) is 0 Å². The van der Waals surface area contributed by atoms with Gasteiger partial charge in [0.25, 0.3) is 0 Å². The normalized spacial score (nSPS) is 14.7. The Kier molecular flexibility index (Phi) is 6.57. The number of alkyl halides is 3. The van der Waals surface area contributed by atoms with Crippen molar-refractivity contribution in [2.24, 2.45) is 0 Å². The van der Waals surface area contributed by atoms with Gasteiger partial charge in [0.15, 0.2) is 0 Å². The van der Waals surface area contributed by atoms with Gasteiger partial charge in [0.1, 0.15) is 5.75 Å². The molecule has 1 fully saturated rings. The summed E-state index contributed by atoms with van der Waals surface area (Å²) in [5.74, 6) is -2.45. The number of benzene rings is 2. The fraction of sp³-hybridized carbons (Fsp3) is 0.333. The second kappa shape index (κ2) is 9.15. The van der Waals surface area contributed by atoms with E-state index < -0.39 is 24.1 Å². The molecule has 0 spiro atoms. The molecule has 1 aliphatic carbocycles. The molecular weight excluding hydrogens is 417 g/mol. The number of nitrogen functional groups attached to an aromatic ring is 2. The Morgan fingerprint density at radius 2 is 1.52 bits per heavy atom. The van der Waals surface area contributed by atoms with Crippen molar-refractivity contribution in [1.29, 1.82) is 0 Å². The second-order valence-corrected chi connectivity index (χ2v) is 7.22. The number of nitrogens with two attached hydrogens (primary N) is 2. The number of halogens is 3. The predicted molar refractivity (Wildman–Crippen MR) is 105 cm³/mol. The molecule has 1 aliphatic rings. The van der Waals surface area contributed by atoms with Gasteiger partial charge in [-0.2, -0.15) is 0 Å². The standard InChI is InChI=1S/C21H21F3N2O5/c22-21(23,24)29-15-8-6-13(7-9-15)19(27)30-31-20(28)16-10-14(25)11-17(26)18(16)12-4-2-1-3-5-12/h6-12H,1-5,25-26H2. The second-order valence-electron chi connectivity index (χ2n) is 7.22. The van der Waals surface area contributed by atoms with Gasteiger partial charge in [0.05, 0.1) is 11.1 Å². The molecule has 0 saturated heterocycles. The van der Waals surface area contributed by atoms with E-state index in [-0.39, 0.29) is 22.7 Å². The van der Waals surface area contributed by atoms with E-state index in [1.54, 1.807) is 6.07 Å². The van der Waals surface area contributed by atoms with Crippen LogP contribution >= 0.6 is 0 Å². The van der Waals surface area contributed by atoms with Gasteiger partial charge in [-0.1, -0.05) is 19.3 Å². The highest BCUT2D eigenvalue weighted by Crippen LogP contribution is 2.38. The largest absolute Gasteiger partial charge is 0.573 e. The minimum atomic E-state index is -4.85. The van der Waals surface area contributed by atoms with Crippen molar-refractivity contribution >= 4 is 23.3 Å². The molecule has 0 amide bonds. The zero-order chi connectivity index (χ0) is 22.6. The van der Waals surface area contributed by atoms with E-state index >= 15 is 0 Å². The van der Waals surface area contributed by atoms with E-state index in [0.29, 0.717) is 11.3 Å². The van der Waals surface area contributed by atoms with Gasteiger partial charge in [-0.15, -0.1) is 13.2 Å². The maximum Gasteiger partial charge on any atom is 0.573 e. The van der Waals surface area contributed by atoms with Crippen LogP contribution in [0.3, 0.4) is 0 Å². The summed E-state index contributed by atoms with van der Waals surface area (Å²) in [5.41, 5.74) is 13.1. The lowest BCUT2D eigenvalue weighted by Gasteiger charge is -2.25.